The number of methoxy groups -OCH3 is 1. The zero-order valence-corrected chi connectivity index (χ0v) is 15.6. The molecule has 0 aliphatic heterocycles. The van der Waals surface area contributed by atoms with E-state index in [0.29, 0.717) is 22.8 Å². The molecule has 0 bridgehead atoms. The van der Waals surface area contributed by atoms with Crippen LogP contribution in [0.3, 0.4) is 0 Å². The molecule has 0 spiro atoms. The van der Waals surface area contributed by atoms with E-state index in [0.717, 1.165) is 16.7 Å². The standard InChI is InChI=1S/C22H21N3O2/c1-14(2)16-8-7-9-17(12-16)19-13-23-15(3)21(24-19)22(26)25-18-10-5-6-11-20(18)27-4/h5-13H,1H2,2-4H3,(H,25,26). The number of benzene rings is 2. The molecule has 1 heterocycles. The molecular formula is C22H21N3O2. The summed E-state index contributed by atoms with van der Waals surface area (Å²) in [5.41, 5.74) is 4.92. The fourth-order valence-corrected chi connectivity index (χ4v) is 2.68. The molecule has 0 unspecified atom stereocenters. The number of allylic oxidation sites excluding steroid dienone is 1. The lowest BCUT2D eigenvalue weighted by atomic mass is 10.0. The van der Waals surface area contributed by atoms with Gasteiger partial charge in [-0.1, -0.05) is 42.5 Å². The molecule has 1 aromatic heterocycles. The van der Waals surface area contributed by atoms with Crippen molar-refractivity contribution in [2.24, 2.45) is 0 Å². The Hall–Kier alpha value is -3.47. The first kappa shape index (κ1) is 18.3. The normalized spacial score (nSPS) is 10.3. The zero-order chi connectivity index (χ0) is 19.4. The molecule has 3 rings (SSSR count). The highest BCUT2D eigenvalue weighted by molar-refractivity contribution is 6.04. The highest BCUT2D eigenvalue weighted by Crippen LogP contribution is 2.25. The van der Waals surface area contributed by atoms with E-state index in [9.17, 15) is 4.79 Å². The number of amides is 1. The van der Waals surface area contributed by atoms with E-state index in [1.165, 1.54) is 0 Å². The van der Waals surface area contributed by atoms with Gasteiger partial charge in [0.2, 0.25) is 0 Å². The largest absolute Gasteiger partial charge is 0.495 e. The molecule has 0 aliphatic rings. The molecule has 1 N–H and O–H groups in total. The molecule has 3 aromatic rings. The Morgan fingerprint density at radius 1 is 1.15 bits per heavy atom. The van der Waals surface area contributed by atoms with Gasteiger partial charge in [-0.3, -0.25) is 9.78 Å². The first-order chi connectivity index (χ1) is 13.0. The van der Waals surface area contributed by atoms with Crippen LogP contribution < -0.4 is 10.1 Å². The van der Waals surface area contributed by atoms with Crippen LogP contribution in [0.25, 0.3) is 16.8 Å². The van der Waals surface area contributed by atoms with Gasteiger partial charge in [0, 0.05) is 5.56 Å². The predicted octanol–water partition coefficient (Wildman–Crippen LogP) is 4.75. The number of rotatable bonds is 5. The molecule has 0 atom stereocenters. The molecule has 5 nitrogen and oxygen atoms in total. The van der Waals surface area contributed by atoms with Gasteiger partial charge >= 0.3 is 0 Å². The average molecular weight is 359 g/mol. The first-order valence-corrected chi connectivity index (χ1v) is 8.54. The monoisotopic (exact) mass is 359 g/mol. The van der Waals surface area contributed by atoms with Crippen LogP contribution >= 0.6 is 0 Å². The Labute approximate surface area is 158 Å². The van der Waals surface area contributed by atoms with Gasteiger partial charge in [-0.05, 0) is 37.6 Å². The van der Waals surface area contributed by atoms with Crippen LogP contribution in [0.15, 0.2) is 61.3 Å². The van der Waals surface area contributed by atoms with Crippen LogP contribution in [0.1, 0.15) is 28.7 Å². The molecule has 0 aliphatic carbocycles. The maximum atomic E-state index is 12.8. The number of para-hydroxylation sites is 2. The minimum absolute atomic E-state index is 0.277. The maximum absolute atomic E-state index is 12.8. The van der Waals surface area contributed by atoms with Gasteiger partial charge < -0.3 is 10.1 Å². The third kappa shape index (κ3) is 4.03. The summed E-state index contributed by atoms with van der Waals surface area (Å²) in [6.07, 6.45) is 1.67. The lowest BCUT2D eigenvalue weighted by Gasteiger charge is -2.11. The Kier molecular flexibility index (Phi) is 5.31. The molecular weight excluding hydrogens is 338 g/mol. The second kappa shape index (κ2) is 7.83. The molecule has 1 amide bonds. The minimum atomic E-state index is -0.331. The van der Waals surface area contributed by atoms with Gasteiger partial charge in [0.1, 0.15) is 11.4 Å². The van der Waals surface area contributed by atoms with E-state index in [2.05, 4.69) is 21.9 Å². The van der Waals surface area contributed by atoms with Crippen molar-refractivity contribution in [2.45, 2.75) is 13.8 Å². The highest BCUT2D eigenvalue weighted by atomic mass is 16.5. The number of hydrogen-bond donors (Lipinski definition) is 1. The number of anilines is 1. The second-order valence-corrected chi connectivity index (χ2v) is 6.20. The van der Waals surface area contributed by atoms with Gasteiger partial charge in [0.25, 0.3) is 5.91 Å². The van der Waals surface area contributed by atoms with Crippen LogP contribution in [0.2, 0.25) is 0 Å². The Morgan fingerprint density at radius 2 is 1.93 bits per heavy atom. The molecule has 0 saturated carbocycles. The molecule has 27 heavy (non-hydrogen) atoms. The van der Waals surface area contributed by atoms with Crippen molar-refractivity contribution < 1.29 is 9.53 Å². The lowest BCUT2D eigenvalue weighted by Crippen LogP contribution is -2.17. The van der Waals surface area contributed by atoms with Crippen molar-refractivity contribution in [3.63, 3.8) is 0 Å². The van der Waals surface area contributed by atoms with E-state index in [1.807, 2.05) is 43.3 Å². The third-order valence-electron chi connectivity index (χ3n) is 4.18. The molecule has 0 radical (unpaired) electrons. The average Bonchev–Trinajstić information content (AvgIpc) is 2.68. The first-order valence-electron chi connectivity index (χ1n) is 8.54. The summed E-state index contributed by atoms with van der Waals surface area (Å²) in [5, 5.41) is 2.85. The van der Waals surface area contributed by atoms with Crippen LogP contribution in [0.4, 0.5) is 5.69 Å². The SMILES string of the molecule is C=C(C)c1cccc(-c2cnc(C)c(C(=O)Nc3ccccc3OC)n2)c1. The summed E-state index contributed by atoms with van der Waals surface area (Å²) in [6.45, 7) is 7.68. The van der Waals surface area contributed by atoms with Crippen molar-refractivity contribution in [3.05, 3.63) is 78.3 Å². The van der Waals surface area contributed by atoms with E-state index in [4.69, 9.17) is 4.74 Å². The van der Waals surface area contributed by atoms with Crippen LogP contribution in [0, 0.1) is 6.92 Å². The van der Waals surface area contributed by atoms with Crippen LogP contribution in [-0.2, 0) is 0 Å². The van der Waals surface area contributed by atoms with Gasteiger partial charge in [-0.25, -0.2) is 4.98 Å². The molecule has 2 aromatic carbocycles. The summed E-state index contributed by atoms with van der Waals surface area (Å²) in [6, 6.07) is 15.1. The summed E-state index contributed by atoms with van der Waals surface area (Å²) in [5.74, 6) is 0.254. The third-order valence-corrected chi connectivity index (χ3v) is 4.18. The van der Waals surface area contributed by atoms with E-state index in [-0.39, 0.29) is 11.6 Å². The summed E-state index contributed by atoms with van der Waals surface area (Å²) >= 11 is 0. The molecule has 0 fully saturated rings. The topological polar surface area (TPSA) is 64.1 Å². The van der Waals surface area contributed by atoms with E-state index < -0.39 is 0 Å². The highest BCUT2D eigenvalue weighted by Gasteiger charge is 2.16. The van der Waals surface area contributed by atoms with Crippen molar-refractivity contribution in [3.8, 4) is 17.0 Å². The van der Waals surface area contributed by atoms with Crippen molar-refractivity contribution in [1.82, 2.24) is 9.97 Å². The van der Waals surface area contributed by atoms with E-state index >= 15 is 0 Å². The Bertz CT molecular complexity index is 1010. The molecule has 5 heteroatoms. The predicted molar refractivity (Wildman–Crippen MR) is 108 cm³/mol. The summed E-state index contributed by atoms with van der Waals surface area (Å²) < 4.78 is 5.28. The molecule has 0 saturated heterocycles. The fourth-order valence-electron chi connectivity index (χ4n) is 2.68. The van der Waals surface area contributed by atoms with Crippen LogP contribution in [0.5, 0.6) is 5.75 Å². The lowest BCUT2D eigenvalue weighted by molar-refractivity contribution is 0.102. The number of aryl methyl sites for hydroxylation is 1. The van der Waals surface area contributed by atoms with Gasteiger partial charge in [-0.2, -0.15) is 0 Å². The summed E-state index contributed by atoms with van der Waals surface area (Å²) in [7, 11) is 1.56. The number of ether oxygens (including phenoxy) is 1. The number of nitrogens with zero attached hydrogens (tertiary/aromatic N) is 2. The molecule has 136 valence electrons. The number of nitrogens with one attached hydrogen (secondary N) is 1. The van der Waals surface area contributed by atoms with Crippen molar-refractivity contribution in [1.29, 1.82) is 0 Å². The van der Waals surface area contributed by atoms with Gasteiger partial charge in [0.15, 0.2) is 0 Å². The van der Waals surface area contributed by atoms with Crippen molar-refractivity contribution >= 4 is 17.2 Å². The fraction of sp³-hybridized carbons (Fsp3) is 0.136. The quantitative estimate of drug-likeness (QED) is 0.714. The number of aromatic nitrogens is 2. The number of carbonyl (C=O) groups is 1. The number of hydrogen-bond acceptors (Lipinski definition) is 4. The number of carbonyl (C=O) groups excluding carboxylic acids is 1. The Morgan fingerprint density at radius 3 is 2.67 bits per heavy atom. The van der Waals surface area contributed by atoms with Crippen molar-refractivity contribution in [2.75, 3.05) is 12.4 Å². The summed E-state index contributed by atoms with van der Waals surface area (Å²) in [4.78, 5) is 21.7. The smallest absolute Gasteiger partial charge is 0.276 e. The van der Waals surface area contributed by atoms with Gasteiger partial charge in [-0.15, -0.1) is 0 Å². The Balaban J connectivity index is 1.95. The second-order valence-electron chi connectivity index (χ2n) is 6.20. The van der Waals surface area contributed by atoms with Gasteiger partial charge in [0.05, 0.1) is 30.4 Å². The minimum Gasteiger partial charge on any atom is -0.495 e. The zero-order valence-electron chi connectivity index (χ0n) is 15.6. The van der Waals surface area contributed by atoms with E-state index in [1.54, 1.807) is 32.4 Å². The van der Waals surface area contributed by atoms with Crippen LogP contribution in [-0.4, -0.2) is 23.0 Å². The maximum Gasteiger partial charge on any atom is 0.276 e.